The normalized spacial score (nSPS) is 14.2. The molecule has 3 atom stereocenters. The van der Waals surface area contributed by atoms with Gasteiger partial charge in [-0.2, -0.15) is 8.42 Å². The topological polar surface area (TPSA) is 299 Å². The van der Waals surface area contributed by atoms with Crippen LogP contribution in [0.2, 0.25) is 0 Å². The van der Waals surface area contributed by atoms with E-state index in [4.69, 9.17) is 19.8 Å². The van der Waals surface area contributed by atoms with Gasteiger partial charge in [0.25, 0.3) is 21.9 Å². The molecule has 0 saturated carbocycles. The summed E-state index contributed by atoms with van der Waals surface area (Å²) in [4.78, 5) is 99.7. The van der Waals surface area contributed by atoms with Gasteiger partial charge in [0, 0.05) is 50.4 Å². The lowest BCUT2D eigenvalue weighted by Crippen LogP contribution is -2.55. The second-order valence-corrected chi connectivity index (χ2v) is 14.1. The molecular weight excluding hydrogens is 734 g/mol. The van der Waals surface area contributed by atoms with Crippen molar-refractivity contribution in [2.24, 2.45) is 11.7 Å². The van der Waals surface area contributed by atoms with E-state index in [1.807, 2.05) is 0 Å². The Morgan fingerprint density at radius 3 is 2.11 bits per heavy atom. The molecule has 1 aliphatic rings. The smallest absolute Gasteiger partial charge is 0.312 e. The minimum atomic E-state index is -4.30. The Balaban J connectivity index is 2.13. The first-order valence-electron chi connectivity index (χ1n) is 16.9. The van der Waals surface area contributed by atoms with E-state index in [2.05, 4.69) is 26.6 Å². The van der Waals surface area contributed by atoms with Gasteiger partial charge in [0.05, 0.1) is 12.4 Å². The number of benzene rings is 1. The fourth-order valence-corrected chi connectivity index (χ4v) is 5.19. The summed E-state index contributed by atoms with van der Waals surface area (Å²) in [6, 6.07) is 2.37. The molecule has 8 N–H and O–H groups in total. The molecule has 21 heteroatoms. The maximum absolute atomic E-state index is 13.6. The van der Waals surface area contributed by atoms with E-state index in [-0.39, 0.29) is 45.6 Å². The molecule has 1 aromatic rings. The highest BCUT2D eigenvalue weighted by molar-refractivity contribution is 7.85. The van der Waals surface area contributed by atoms with E-state index in [0.29, 0.717) is 16.2 Å². The molecule has 298 valence electrons. The van der Waals surface area contributed by atoms with Gasteiger partial charge in [0.1, 0.15) is 25.2 Å². The van der Waals surface area contributed by atoms with Crippen molar-refractivity contribution in [1.82, 2.24) is 26.2 Å². The zero-order valence-electron chi connectivity index (χ0n) is 30.1. The van der Waals surface area contributed by atoms with Gasteiger partial charge in [0.2, 0.25) is 23.6 Å². The predicted octanol–water partition coefficient (Wildman–Crippen LogP) is -1.14. The minimum Gasteiger partial charge on any atom is -0.461 e. The van der Waals surface area contributed by atoms with Gasteiger partial charge in [-0.3, -0.25) is 43.0 Å². The molecule has 0 fully saturated rings. The van der Waals surface area contributed by atoms with Crippen LogP contribution in [0.3, 0.4) is 0 Å². The van der Waals surface area contributed by atoms with Crippen molar-refractivity contribution in [3.63, 3.8) is 0 Å². The third kappa shape index (κ3) is 17.4. The quantitative estimate of drug-likeness (QED) is 0.0299. The molecule has 0 saturated heterocycles. The van der Waals surface area contributed by atoms with Crippen LogP contribution >= 0.6 is 0 Å². The molecule has 0 bridgehead atoms. The van der Waals surface area contributed by atoms with Crippen molar-refractivity contribution in [2.75, 3.05) is 37.4 Å². The summed E-state index contributed by atoms with van der Waals surface area (Å²) in [5.41, 5.74) is 6.17. The summed E-state index contributed by atoms with van der Waals surface area (Å²) in [5, 5.41) is 12.9. The highest BCUT2D eigenvalue weighted by Gasteiger charge is 2.31. The predicted molar refractivity (Wildman–Crippen MR) is 190 cm³/mol. The first-order valence-corrected chi connectivity index (χ1v) is 18.5. The number of nitrogens with two attached hydrogens (primary N) is 1. The van der Waals surface area contributed by atoms with Crippen LogP contribution in [0.5, 0.6) is 0 Å². The Kier molecular flexibility index (Phi) is 18.2. The lowest BCUT2D eigenvalue weighted by molar-refractivity contribution is -0.142. The molecule has 1 heterocycles. The standard InChI is InChI=1S/C33H47N7O13S/c1-20(2)30(32(47)38-25(5-4-13-35-33(34)48)31(46)37-23-8-6-22(7-9-23)19-53-21(3)41)39-26(42)17-24(12-14-52-15-16-54(49,50)51)36-27(43)18-40-28(44)10-11-29(40)45/h6-11,20,24-25,30H,4-5,12-19H2,1-3H3,(H,36,43)(H,37,46)(H,38,47)(H,39,42)(H3,34,35,48)(H,49,50,51)/t24?,25-,30-/m0/s1. The summed E-state index contributed by atoms with van der Waals surface area (Å²) < 4.78 is 41.1. The Bertz CT molecular complexity index is 1650. The number of ether oxygens (including phenoxy) is 2. The van der Waals surface area contributed by atoms with Gasteiger partial charge in [0.15, 0.2) is 0 Å². The zero-order chi connectivity index (χ0) is 40.4. The van der Waals surface area contributed by atoms with E-state index in [0.717, 1.165) is 12.2 Å². The number of hydrogen-bond acceptors (Lipinski definition) is 12. The molecular formula is C33H47N7O13S. The summed E-state index contributed by atoms with van der Waals surface area (Å²) in [6.45, 7) is 3.53. The summed E-state index contributed by atoms with van der Waals surface area (Å²) in [6.07, 6.45) is 1.83. The van der Waals surface area contributed by atoms with Gasteiger partial charge in [-0.15, -0.1) is 0 Å². The van der Waals surface area contributed by atoms with Crippen LogP contribution in [0.25, 0.3) is 0 Å². The fourth-order valence-electron chi connectivity index (χ4n) is 4.86. The first-order chi connectivity index (χ1) is 25.3. The summed E-state index contributed by atoms with van der Waals surface area (Å²) >= 11 is 0. The highest BCUT2D eigenvalue weighted by Crippen LogP contribution is 2.13. The molecule has 1 aromatic carbocycles. The van der Waals surface area contributed by atoms with Gasteiger partial charge in [-0.25, -0.2) is 4.79 Å². The Labute approximate surface area is 312 Å². The minimum absolute atomic E-state index is 0.0354. The number of anilines is 1. The maximum atomic E-state index is 13.6. The molecule has 0 aliphatic carbocycles. The lowest BCUT2D eigenvalue weighted by Gasteiger charge is -2.26. The molecule has 0 aromatic heterocycles. The monoisotopic (exact) mass is 781 g/mol. The average Bonchev–Trinajstić information content (AvgIpc) is 3.39. The lowest BCUT2D eigenvalue weighted by atomic mass is 10.0. The third-order valence-corrected chi connectivity index (χ3v) is 8.31. The number of amides is 8. The number of nitrogens with one attached hydrogen (secondary N) is 5. The van der Waals surface area contributed by atoms with Crippen LogP contribution in [0.15, 0.2) is 36.4 Å². The number of primary amides is 1. The van der Waals surface area contributed by atoms with Gasteiger partial charge < -0.3 is 41.8 Å². The Morgan fingerprint density at radius 1 is 0.889 bits per heavy atom. The van der Waals surface area contributed by atoms with Crippen LogP contribution in [-0.4, -0.2) is 115 Å². The summed E-state index contributed by atoms with van der Waals surface area (Å²) in [7, 11) is -4.30. The number of nitrogens with zero attached hydrogens (tertiary/aromatic N) is 1. The molecule has 1 aliphatic heterocycles. The van der Waals surface area contributed by atoms with Crippen molar-refractivity contribution in [2.45, 2.75) is 71.2 Å². The van der Waals surface area contributed by atoms with Crippen LogP contribution in [0, 0.1) is 5.92 Å². The van der Waals surface area contributed by atoms with Crippen molar-refractivity contribution in [1.29, 1.82) is 0 Å². The number of esters is 1. The second-order valence-electron chi connectivity index (χ2n) is 12.5. The van der Waals surface area contributed by atoms with Gasteiger partial charge in [-0.05, 0) is 42.9 Å². The number of hydrogen-bond donors (Lipinski definition) is 7. The SMILES string of the molecule is CC(=O)OCc1ccc(NC(=O)[C@H](CCCNC(N)=O)NC(=O)[C@@H](NC(=O)CC(CCOCCS(=O)(=O)O)NC(=O)CN2C(=O)C=CC2=O)C(C)C)cc1. The molecule has 2 rings (SSSR count). The maximum Gasteiger partial charge on any atom is 0.312 e. The van der Waals surface area contributed by atoms with E-state index in [9.17, 15) is 46.8 Å². The molecule has 1 unspecified atom stereocenters. The van der Waals surface area contributed by atoms with Crippen molar-refractivity contribution in [3.8, 4) is 0 Å². The number of carbonyl (C=O) groups is 8. The molecule has 0 radical (unpaired) electrons. The Hall–Kier alpha value is -5.41. The first kappa shape index (κ1) is 44.7. The number of rotatable bonds is 23. The second kappa shape index (κ2) is 22.0. The van der Waals surface area contributed by atoms with E-state index in [1.54, 1.807) is 38.1 Å². The molecule has 8 amide bonds. The number of imide groups is 1. The Morgan fingerprint density at radius 2 is 1.54 bits per heavy atom. The number of urea groups is 1. The molecule has 54 heavy (non-hydrogen) atoms. The van der Waals surface area contributed by atoms with Crippen LogP contribution in [-0.2, 0) is 59.8 Å². The van der Waals surface area contributed by atoms with Crippen LogP contribution < -0.4 is 32.3 Å². The van der Waals surface area contributed by atoms with Crippen molar-refractivity contribution in [3.05, 3.63) is 42.0 Å². The van der Waals surface area contributed by atoms with Crippen molar-refractivity contribution < 1.29 is 60.8 Å². The largest absolute Gasteiger partial charge is 0.461 e. The highest BCUT2D eigenvalue weighted by atomic mass is 32.2. The zero-order valence-corrected chi connectivity index (χ0v) is 30.9. The van der Waals surface area contributed by atoms with E-state index < -0.39 is 100 Å². The van der Waals surface area contributed by atoms with Crippen LogP contribution in [0.1, 0.15) is 52.0 Å². The van der Waals surface area contributed by atoms with E-state index in [1.165, 1.54) is 6.92 Å². The molecule has 0 spiro atoms. The fraction of sp³-hybridized carbons (Fsp3) is 0.515. The van der Waals surface area contributed by atoms with Crippen LogP contribution in [0.4, 0.5) is 10.5 Å². The van der Waals surface area contributed by atoms with E-state index >= 15 is 0 Å². The van der Waals surface area contributed by atoms with Gasteiger partial charge in [-0.1, -0.05) is 26.0 Å². The molecule has 20 nitrogen and oxygen atoms in total. The average molecular weight is 782 g/mol. The third-order valence-electron chi connectivity index (χ3n) is 7.63. The van der Waals surface area contributed by atoms with Crippen molar-refractivity contribution >= 4 is 63.2 Å². The summed E-state index contributed by atoms with van der Waals surface area (Å²) in [5.74, 6) is -5.86. The van der Waals surface area contributed by atoms with Gasteiger partial charge >= 0.3 is 12.0 Å². The number of carbonyl (C=O) groups excluding carboxylic acids is 8.